The molecule has 1 saturated heterocycles. The Hall–Kier alpha value is 0.01000. The van der Waals surface area contributed by atoms with E-state index in [0.29, 0.717) is 0 Å². The van der Waals surface area contributed by atoms with Gasteiger partial charge in [0.25, 0.3) is 0 Å². The third-order valence-electron chi connectivity index (χ3n) is 2.00. The van der Waals surface area contributed by atoms with Crippen LogP contribution in [0.1, 0.15) is 9.75 Å². The summed E-state index contributed by atoms with van der Waals surface area (Å²) in [6.45, 7) is 3.22. The first-order valence-corrected chi connectivity index (χ1v) is 6.18. The normalized spacial score (nSPS) is 17.8. The van der Waals surface area contributed by atoms with Crippen molar-refractivity contribution >= 4 is 23.1 Å². The molecule has 0 spiro atoms. The fourth-order valence-corrected chi connectivity index (χ4v) is 2.73. The highest BCUT2D eigenvalue weighted by Gasteiger charge is 2.16. The fourth-order valence-electron chi connectivity index (χ4n) is 1.18. The number of thiophene rings is 1. The highest BCUT2D eigenvalue weighted by molar-refractivity contribution is 8.00. The summed E-state index contributed by atoms with van der Waals surface area (Å²) in [5, 5.41) is 3.54. The van der Waals surface area contributed by atoms with Gasteiger partial charge < -0.3 is 5.32 Å². The zero-order valence-corrected chi connectivity index (χ0v) is 8.80. The lowest BCUT2D eigenvalue weighted by atomic mass is 10.3. The molecular weight excluding hydrogens is 186 g/mol. The molecule has 1 fully saturated rings. The molecule has 1 aliphatic rings. The molecule has 2 heterocycles. The van der Waals surface area contributed by atoms with Crippen LogP contribution in [0.4, 0.5) is 0 Å². The fraction of sp³-hybridized carbons (Fsp3) is 0.556. The van der Waals surface area contributed by atoms with Gasteiger partial charge in [0.05, 0.1) is 0 Å². The van der Waals surface area contributed by atoms with E-state index >= 15 is 0 Å². The maximum atomic E-state index is 3.54. The topological polar surface area (TPSA) is 12.0 Å². The molecule has 0 radical (unpaired) electrons. The molecule has 2 rings (SSSR count). The van der Waals surface area contributed by atoms with Gasteiger partial charge in [-0.15, -0.1) is 11.3 Å². The minimum absolute atomic E-state index is 0.775. The summed E-state index contributed by atoms with van der Waals surface area (Å²) < 4.78 is 0. The molecule has 0 saturated carbocycles. The van der Waals surface area contributed by atoms with E-state index in [-0.39, 0.29) is 0 Å². The first kappa shape index (κ1) is 8.60. The third-order valence-corrected chi connectivity index (χ3v) is 4.28. The number of hydrogen-bond acceptors (Lipinski definition) is 3. The summed E-state index contributed by atoms with van der Waals surface area (Å²) in [5.41, 5.74) is 0. The quantitative estimate of drug-likeness (QED) is 0.801. The van der Waals surface area contributed by atoms with Crippen molar-refractivity contribution in [2.45, 2.75) is 19.5 Å². The highest BCUT2D eigenvalue weighted by Crippen LogP contribution is 2.19. The Balaban J connectivity index is 1.79. The van der Waals surface area contributed by atoms with E-state index in [1.54, 1.807) is 0 Å². The summed E-state index contributed by atoms with van der Waals surface area (Å²) in [6.07, 6.45) is 0. The Kier molecular flexibility index (Phi) is 2.73. The molecule has 0 bridgehead atoms. The first-order chi connectivity index (χ1) is 5.84. The van der Waals surface area contributed by atoms with Crippen molar-refractivity contribution in [2.24, 2.45) is 0 Å². The maximum absolute atomic E-state index is 3.54. The van der Waals surface area contributed by atoms with Crippen LogP contribution < -0.4 is 5.32 Å². The number of rotatable bonds is 3. The van der Waals surface area contributed by atoms with Gasteiger partial charge in [-0.2, -0.15) is 11.8 Å². The van der Waals surface area contributed by atoms with Crippen LogP contribution in [0, 0.1) is 6.92 Å². The Labute approximate surface area is 81.6 Å². The molecule has 0 aliphatic carbocycles. The van der Waals surface area contributed by atoms with Crippen molar-refractivity contribution in [1.82, 2.24) is 5.32 Å². The Morgan fingerprint density at radius 2 is 2.33 bits per heavy atom. The molecule has 1 aromatic rings. The zero-order valence-electron chi connectivity index (χ0n) is 7.17. The minimum atomic E-state index is 0.775. The zero-order chi connectivity index (χ0) is 8.39. The smallest absolute Gasteiger partial charge is 0.0303 e. The van der Waals surface area contributed by atoms with Gasteiger partial charge in [0.1, 0.15) is 0 Å². The van der Waals surface area contributed by atoms with E-state index in [2.05, 4.69) is 24.4 Å². The van der Waals surface area contributed by atoms with Crippen LogP contribution in [0.25, 0.3) is 0 Å². The van der Waals surface area contributed by atoms with E-state index < -0.39 is 0 Å². The van der Waals surface area contributed by atoms with E-state index in [0.717, 1.165) is 12.6 Å². The molecule has 3 heteroatoms. The molecule has 0 unspecified atom stereocenters. The van der Waals surface area contributed by atoms with Crippen LogP contribution in [-0.2, 0) is 6.54 Å². The Morgan fingerprint density at radius 3 is 2.83 bits per heavy atom. The molecule has 1 nitrogen and oxygen atoms in total. The van der Waals surface area contributed by atoms with E-state index in [1.807, 2.05) is 23.1 Å². The lowest BCUT2D eigenvalue weighted by Crippen LogP contribution is -2.39. The van der Waals surface area contributed by atoms with Crippen molar-refractivity contribution in [3.8, 4) is 0 Å². The second-order valence-electron chi connectivity index (χ2n) is 3.13. The van der Waals surface area contributed by atoms with Gasteiger partial charge in [-0.1, -0.05) is 0 Å². The number of aryl methyl sites for hydroxylation is 1. The summed E-state index contributed by atoms with van der Waals surface area (Å²) in [7, 11) is 0. The number of thioether (sulfide) groups is 1. The predicted molar refractivity (Wildman–Crippen MR) is 57.0 cm³/mol. The van der Waals surface area contributed by atoms with Crippen LogP contribution in [-0.4, -0.2) is 17.5 Å². The van der Waals surface area contributed by atoms with Gasteiger partial charge in [-0.3, -0.25) is 0 Å². The van der Waals surface area contributed by atoms with Crippen molar-refractivity contribution in [1.29, 1.82) is 0 Å². The Morgan fingerprint density at radius 1 is 1.50 bits per heavy atom. The lowest BCUT2D eigenvalue weighted by Gasteiger charge is -2.25. The Bertz CT molecular complexity index is 253. The molecule has 0 atom stereocenters. The van der Waals surface area contributed by atoms with Gasteiger partial charge in [0.15, 0.2) is 0 Å². The molecular formula is C9H13NS2. The van der Waals surface area contributed by atoms with Gasteiger partial charge in [0, 0.05) is 33.8 Å². The SMILES string of the molecule is Cc1ccc(CNC2CSC2)s1. The van der Waals surface area contributed by atoms with Crippen molar-refractivity contribution < 1.29 is 0 Å². The molecule has 1 N–H and O–H groups in total. The summed E-state index contributed by atoms with van der Waals surface area (Å²) in [5.74, 6) is 2.59. The van der Waals surface area contributed by atoms with Crippen molar-refractivity contribution in [2.75, 3.05) is 11.5 Å². The summed E-state index contributed by atoms with van der Waals surface area (Å²) >= 11 is 3.92. The van der Waals surface area contributed by atoms with Gasteiger partial charge in [0.2, 0.25) is 0 Å². The molecule has 1 aromatic heterocycles. The summed E-state index contributed by atoms with van der Waals surface area (Å²) in [4.78, 5) is 2.87. The van der Waals surface area contributed by atoms with Crippen LogP contribution >= 0.6 is 23.1 Å². The maximum Gasteiger partial charge on any atom is 0.0303 e. The highest BCUT2D eigenvalue weighted by atomic mass is 32.2. The van der Waals surface area contributed by atoms with Gasteiger partial charge in [-0.05, 0) is 19.1 Å². The largest absolute Gasteiger partial charge is 0.307 e. The summed E-state index contributed by atoms with van der Waals surface area (Å²) in [6, 6.07) is 5.19. The van der Waals surface area contributed by atoms with Gasteiger partial charge in [-0.25, -0.2) is 0 Å². The second-order valence-corrected chi connectivity index (χ2v) is 5.58. The van der Waals surface area contributed by atoms with Crippen LogP contribution in [0.5, 0.6) is 0 Å². The average Bonchev–Trinajstić information content (AvgIpc) is 2.32. The van der Waals surface area contributed by atoms with Crippen LogP contribution in [0.2, 0.25) is 0 Å². The molecule has 66 valence electrons. The number of nitrogens with one attached hydrogen (secondary N) is 1. The minimum Gasteiger partial charge on any atom is -0.307 e. The van der Waals surface area contributed by atoms with Gasteiger partial charge >= 0.3 is 0 Å². The van der Waals surface area contributed by atoms with Crippen LogP contribution in [0.15, 0.2) is 12.1 Å². The van der Waals surface area contributed by atoms with E-state index in [1.165, 1.54) is 21.3 Å². The van der Waals surface area contributed by atoms with Crippen molar-refractivity contribution in [3.05, 3.63) is 21.9 Å². The standard InChI is InChI=1S/C9H13NS2/c1-7-2-3-9(12-7)4-10-8-5-11-6-8/h2-3,8,10H,4-6H2,1H3. The molecule has 0 amide bonds. The molecule has 12 heavy (non-hydrogen) atoms. The van der Waals surface area contributed by atoms with E-state index in [4.69, 9.17) is 0 Å². The third kappa shape index (κ3) is 2.03. The van der Waals surface area contributed by atoms with Crippen LogP contribution in [0.3, 0.4) is 0 Å². The monoisotopic (exact) mass is 199 g/mol. The van der Waals surface area contributed by atoms with E-state index in [9.17, 15) is 0 Å². The first-order valence-electron chi connectivity index (χ1n) is 4.21. The second kappa shape index (κ2) is 3.81. The lowest BCUT2D eigenvalue weighted by molar-refractivity contribution is 0.587. The average molecular weight is 199 g/mol. The predicted octanol–water partition coefficient (Wildman–Crippen LogP) is 2.26. The van der Waals surface area contributed by atoms with Crippen molar-refractivity contribution in [3.63, 3.8) is 0 Å². The molecule has 0 aromatic carbocycles. The molecule has 1 aliphatic heterocycles. The number of hydrogen-bond donors (Lipinski definition) is 1.